The van der Waals surface area contributed by atoms with Crippen molar-refractivity contribution < 1.29 is 9.53 Å². The monoisotopic (exact) mass is 361 g/mol. The minimum absolute atomic E-state index is 0.00925. The van der Waals surface area contributed by atoms with Gasteiger partial charge < -0.3 is 9.64 Å². The zero-order valence-corrected chi connectivity index (χ0v) is 16.1. The SMILES string of the molecule is CC1N=C(c2ccc(C3=NC(C)(C)CO3)cc2)c2ccccc2N(C)C1=O. The maximum atomic E-state index is 12.6. The number of nitrogens with zero attached hydrogens (tertiary/aromatic N) is 3. The third-order valence-corrected chi connectivity index (χ3v) is 4.90. The van der Waals surface area contributed by atoms with Crippen LogP contribution in [0, 0.1) is 0 Å². The molecule has 1 atom stereocenters. The van der Waals surface area contributed by atoms with Gasteiger partial charge in [0, 0.05) is 23.7 Å². The third-order valence-electron chi connectivity index (χ3n) is 4.90. The summed E-state index contributed by atoms with van der Waals surface area (Å²) >= 11 is 0. The molecule has 2 aromatic rings. The van der Waals surface area contributed by atoms with Crippen molar-refractivity contribution in [2.75, 3.05) is 18.6 Å². The van der Waals surface area contributed by atoms with Crippen LogP contribution in [0.25, 0.3) is 0 Å². The summed E-state index contributed by atoms with van der Waals surface area (Å²) in [5, 5.41) is 0. The quantitative estimate of drug-likeness (QED) is 0.823. The Kier molecular flexibility index (Phi) is 4.10. The first kappa shape index (κ1) is 17.5. The predicted octanol–water partition coefficient (Wildman–Crippen LogP) is 3.44. The number of aliphatic imine (C=N–C) groups is 2. The van der Waals surface area contributed by atoms with Crippen molar-refractivity contribution in [3.05, 3.63) is 65.2 Å². The van der Waals surface area contributed by atoms with Gasteiger partial charge in [0.25, 0.3) is 5.91 Å². The van der Waals surface area contributed by atoms with E-state index in [0.29, 0.717) is 12.5 Å². The molecule has 1 amide bonds. The molecule has 27 heavy (non-hydrogen) atoms. The number of amides is 1. The number of rotatable bonds is 2. The summed E-state index contributed by atoms with van der Waals surface area (Å²) in [6.07, 6.45) is 0. The van der Waals surface area contributed by atoms with E-state index in [1.54, 1.807) is 11.9 Å². The lowest BCUT2D eigenvalue weighted by Gasteiger charge is -2.18. The van der Waals surface area contributed by atoms with Crippen molar-refractivity contribution in [2.24, 2.45) is 9.98 Å². The van der Waals surface area contributed by atoms with E-state index in [0.717, 1.165) is 28.1 Å². The van der Waals surface area contributed by atoms with E-state index < -0.39 is 6.04 Å². The number of carbonyl (C=O) groups excluding carboxylic acids is 1. The Morgan fingerprint density at radius 3 is 2.41 bits per heavy atom. The molecular weight excluding hydrogens is 338 g/mol. The van der Waals surface area contributed by atoms with Crippen LogP contribution in [0.5, 0.6) is 0 Å². The molecule has 138 valence electrons. The van der Waals surface area contributed by atoms with Crippen LogP contribution < -0.4 is 4.90 Å². The highest BCUT2D eigenvalue weighted by molar-refractivity contribution is 6.20. The zero-order valence-electron chi connectivity index (χ0n) is 16.1. The van der Waals surface area contributed by atoms with Gasteiger partial charge in [0.1, 0.15) is 12.6 Å². The van der Waals surface area contributed by atoms with Gasteiger partial charge in [0.05, 0.1) is 16.9 Å². The summed E-state index contributed by atoms with van der Waals surface area (Å²) in [6.45, 7) is 6.54. The Morgan fingerprint density at radius 1 is 1.07 bits per heavy atom. The molecule has 0 aliphatic carbocycles. The summed E-state index contributed by atoms with van der Waals surface area (Å²) < 4.78 is 5.73. The van der Waals surface area contributed by atoms with Crippen LogP contribution in [-0.2, 0) is 9.53 Å². The lowest BCUT2D eigenvalue weighted by Crippen LogP contribution is -2.32. The van der Waals surface area contributed by atoms with Crippen molar-refractivity contribution in [1.82, 2.24) is 0 Å². The number of carbonyl (C=O) groups is 1. The molecule has 2 heterocycles. The number of ether oxygens (including phenoxy) is 1. The van der Waals surface area contributed by atoms with Gasteiger partial charge in [-0.1, -0.05) is 30.3 Å². The zero-order chi connectivity index (χ0) is 19.2. The molecule has 0 spiro atoms. The van der Waals surface area contributed by atoms with E-state index in [4.69, 9.17) is 9.73 Å². The first-order chi connectivity index (χ1) is 12.9. The molecule has 0 fully saturated rings. The number of para-hydroxylation sites is 1. The van der Waals surface area contributed by atoms with Crippen LogP contribution in [-0.4, -0.2) is 42.8 Å². The van der Waals surface area contributed by atoms with E-state index in [1.807, 2.05) is 55.5 Å². The molecule has 2 aromatic carbocycles. The van der Waals surface area contributed by atoms with Crippen LogP contribution in [0.3, 0.4) is 0 Å². The van der Waals surface area contributed by atoms with Gasteiger partial charge in [-0.25, -0.2) is 4.99 Å². The largest absolute Gasteiger partial charge is 0.475 e. The fraction of sp³-hybridized carbons (Fsp3) is 0.318. The highest BCUT2D eigenvalue weighted by Gasteiger charge is 2.28. The Bertz CT molecular complexity index is 958. The van der Waals surface area contributed by atoms with Crippen LogP contribution in [0.2, 0.25) is 0 Å². The number of fused-ring (bicyclic) bond motifs is 1. The second kappa shape index (κ2) is 6.34. The second-order valence-electron chi connectivity index (χ2n) is 7.66. The molecule has 0 aromatic heterocycles. The summed E-state index contributed by atoms with van der Waals surface area (Å²) in [7, 11) is 1.80. The van der Waals surface area contributed by atoms with E-state index >= 15 is 0 Å². The Morgan fingerprint density at radius 2 is 1.74 bits per heavy atom. The average Bonchev–Trinajstić information content (AvgIpc) is 3.00. The van der Waals surface area contributed by atoms with Gasteiger partial charge in [0.15, 0.2) is 0 Å². The molecule has 0 bridgehead atoms. The van der Waals surface area contributed by atoms with Crippen molar-refractivity contribution in [3.8, 4) is 0 Å². The number of hydrogen-bond acceptors (Lipinski definition) is 4. The van der Waals surface area contributed by atoms with Crippen molar-refractivity contribution >= 4 is 23.2 Å². The average molecular weight is 361 g/mol. The predicted molar refractivity (Wildman–Crippen MR) is 108 cm³/mol. The van der Waals surface area contributed by atoms with Gasteiger partial charge in [0.2, 0.25) is 5.90 Å². The van der Waals surface area contributed by atoms with Crippen LogP contribution >= 0.6 is 0 Å². The van der Waals surface area contributed by atoms with E-state index in [9.17, 15) is 4.79 Å². The van der Waals surface area contributed by atoms with E-state index in [-0.39, 0.29) is 11.4 Å². The number of anilines is 1. The maximum Gasteiger partial charge on any atom is 0.251 e. The molecule has 0 saturated carbocycles. The Labute approximate surface area is 159 Å². The highest BCUT2D eigenvalue weighted by atomic mass is 16.5. The standard InChI is InChI=1S/C22H23N3O2/c1-14-21(26)25(4)18-8-6-5-7-17(18)19(23-14)15-9-11-16(12-10-15)20-24-22(2,3)13-27-20/h5-12,14H,13H2,1-4H3. The molecule has 5 heteroatoms. The summed E-state index contributed by atoms with van der Waals surface area (Å²) in [6, 6.07) is 15.5. The third kappa shape index (κ3) is 3.14. The van der Waals surface area contributed by atoms with Gasteiger partial charge in [-0.2, -0.15) is 0 Å². The molecule has 0 radical (unpaired) electrons. The molecule has 2 aliphatic heterocycles. The number of benzodiazepines with no additional fused rings is 1. The minimum Gasteiger partial charge on any atom is -0.475 e. The summed E-state index contributed by atoms with van der Waals surface area (Å²) in [5.41, 5.74) is 4.41. The molecular formula is C22H23N3O2. The highest BCUT2D eigenvalue weighted by Crippen LogP contribution is 2.28. The molecule has 0 N–H and O–H groups in total. The van der Waals surface area contributed by atoms with Crippen LogP contribution in [0.4, 0.5) is 5.69 Å². The van der Waals surface area contributed by atoms with E-state index in [1.165, 1.54) is 0 Å². The van der Waals surface area contributed by atoms with Gasteiger partial charge in [-0.3, -0.25) is 9.79 Å². The van der Waals surface area contributed by atoms with Crippen LogP contribution in [0.15, 0.2) is 58.5 Å². The second-order valence-corrected chi connectivity index (χ2v) is 7.66. The number of likely N-dealkylation sites (N-methyl/N-ethyl adjacent to an activating group) is 1. The fourth-order valence-corrected chi connectivity index (χ4v) is 3.42. The lowest BCUT2D eigenvalue weighted by molar-refractivity contribution is -0.119. The Balaban J connectivity index is 1.75. The molecule has 2 aliphatic rings. The van der Waals surface area contributed by atoms with Crippen LogP contribution in [0.1, 0.15) is 37.5 Å². The number of benzene rings is 2. The lowest BCUT2D eigenvalue weighted by atomic mass is 9.99. The van der Waals surface area contributed by atoms with Crippen molar-refractivity contribution in [3.63, 3.8) is 0 Å². The van der Waals surface area contributed by atoms with E-state index in [2.05, 4.69) is 18.8 Å². The Hall–Kier alpha value is -2.95. The fourth-order valence-electron chi connectivity index (χ4n) is 3.42. The first-order valence-electron chi connectivity index (χ1n) is 9.14. The molecule has 0 saturated heterocycles. The summed E-state index contributed by atoms with van der Waals surface area (Å²) in [4.78, 5) is 23.6. The molecule has 5 nitrogen and oxygen atoms in total. The molecule has 1 unspecified atom stereocenters. The van der Waals surface area contributed by atoms with Gasteiger partial charge in [-0.15, -0.1) is 0 Å². The normalized spacial score (nSPS) is 21.1. The van der Waals surface area contributed by atoms with Crippen molar-refractivity contribution in [2.45, 2.75) is 32.4 Å². The first-order valence-corrected chi connectivity index (χ1v) is 9.14. The maximum absolute atomic E-state index is 12.6. The summed E-state index contributed by atoms with van der Waals surface area (Å²) in [5.74, 6) is 0.669. The van der Waals surface area contributed by atoms with Gasteiger partial charge in [-0.05, 0) is 39.0 Å². The topological polar surface area (TPSA) is 54.3 Å². The minimum atomic E-state index is -0.430. The number of hydrogen-bond donors (Lipinski definition) is 0. The van der Waals surface area contributed by atoms with Gasteiger partial charge >= 0.3 is 0 Å². The van der Waals surface area contributed by atoms with Crippen molar-refractivity contribution in [1.29, 1.82) is 0 Å². The smallest absolute Gasteiger partial charge is 0.251 e. The molecule has 4 rings (SSSR count).